The standard InChI is InChI=1S/C12H11ClN4O/c1-8-16-11(18-17-8)5-6-15-12-9(7-14)3-2-4-10(12)13/h2-4,15H,5-6H2,1H3. The van der Waals surface area contributed by atoms with E-state index in [9.17, 15) is 0 Å². The molecular formula is C12H11ClN4O. The van der Waals surface area contributed by atoms with Crippen LogP contribution in [-0.2, 0) is 6.42 Å². The number of hydrogen-bond acceptors (Lipinski definition) is 5. The predicted molar refractivity (Wildman–Crippen MR) is 67.4 cm³/mol. The number of anilines is 1. The van der Waals surface area contributed by atoms with Crippen molar-refractivity contribution in [3.8, 4) is 6.07 Å². The minimum absolute atomic E-state index is 0.518. The second-order valence-electron chi connectivity index (χ2n) is 3.69. The first-order valence-corrected chi connectivity index (χ1v) is 5.80. The van der Waals surface area contributed by atoms with Gasteiger partial charge in [0, 0.05) is 13.0 Å². The molecule has 0 amide bonds. The van der Waals surface area contributed by atoms with Gasteiger partial charge in [0.05, 0.1) is 16.3 Å². The van der Waals surface area contributed by atoms with Crippen LogP contribution in [0, 0.1) is 18.3 Å². The average molecular weight is 263 g/mol. The minimum Gasteiger partial charge on any atom is -0.382 e. The molecule has 0 fully saturated rings. The van der Waals surface area contributed by atoms with E-state index in [1.165, 1.54) is 0 Å². The minimum atomic E-state index is 0.518. The zero-order chi connectivity index (χ0) is 13.0. The lowest BCUT2D eigenvalue weighted by atomic mass is 10.2. The van der Waals surface area contributed by atoms with Crippen molar-refractivity contribution in [2.45, 2.75) is 13.3 Å². The quantitative estimate of drug-likeness (QED) is 0.916. The maximum absolute atomic E-state index is 8.97. The van der Waals surface area contributed by atoms with Crippen LogP contribution in [0.5, 0.6) is 0 Å². The highest BCUT2D eigenvalue weighted by Gasteiger charge is 2.07. The Morgan fingerprint density at radius 3 is 3.00 bits per heavy atom. The summed E-state index contributed by atoms with van der Waals surface area (Å²) in [5, 5.41) is 16.3. The lowest BCUT2D eigenvalue weighted by Gasteiger charge is -2.08. The largest absolute Gasteiger partial charge is 0.382 e. The van der Waals surface area contributed by atoms with Crippen molar-refractivity contribution >= 4 is 17.3 Å². The van der Waals surface area contributed by atoms with Gasteiger partial charge >= 0.3 is 0 Å². The third-order valence-corrected chi connectivity index (χ3v) is 2.66. The number of halogens is 1. The molecule has 0 radical (unpaired) electrons. The SMILES string of the molecule is Cc1noc(CCNc2c(Cl)cccc2C#N)n1. The Balaban J connectivity index is 2.00. The Hall–Kier alpha value is -2.06. The first-order valence-electron chi connectivity index (χ1n) is 5.42. The monoisotopic (exact) mass is 262 g/mol. The Morgan fingerprint density at radius 1 is 1.50 bits per heavy atom. The van der Waals surface area contributed by atoms with E-state index in [2.05, 4.69) is 21.5 Å². The second kappa shape index (κ2) is 5.52. The van der Waals surface area contributed by atoms with Crippen LogP contribution in [0.3, 0.4) is 0 Å². The summed E-state index contributed by atoms with van der Waals surface area (Å²) in [6.07, 6.45) is 0.580. The van der Waals surface area contributed by atoms with Crippen LogP contribution >= 0.6 is 11.6 Å². The van der Waals surface area contributed by atoms with Crippen molar-refractivity contribution in [1.82, 2.24) is 10.1 Å². The predicted octanol–water partition coefficient (Wildman–Crippen LogP) is 2.56. The van der Waals surface area contributed by atoms with Gasteiger partial charge in [-0.2, -0.15) is 10.2 Å². The molecule has 6 heteroatoms. The fraction of sp³-hybridized carbons (Fsp3) is 0.250. The van der Waals surface area contributed by atoms with Gasteiger partial charge < -0.3 is 9.84 Å². The van der Waals surface area contributed by atoms with Gasteiger partial charge in [-0.1, -0.05) is 22.8 Å². The van der Waals surface area contributed by atoms with E-state index in [-0.39, 0.29) is 0 Å². The molecule has 1 aromatic heterocycles. The highest BCUT2D eigenvalue weighted by molar-refractivity contribution is 6.33. The van der Waals surface area contributed by atoms with Crippen LogP contribution < -0.4 is 5.32 Å². The molecule has 0 saturated heterocycles. The van der Waals surface area contributed by atoms with Gasteiger partial charge in [-0.25, -0.2) is 0 Å². The van der Waals surface area contributed by atoms with Gasteiger partial charge in [0.25, 0.3) is 0 Å². The molecule has 5 nitrogen and oxygen atoms in total. The number of para-hydroxylation sites is 1. The summed E-state index contributed by atoms with van der Waals surface area (Å²) in [5.41, 5.74) is 1.15. The maximum Gasteiger partial charge on any atom is 0.228 e. The van der Waals surface area contributed by atoms with Gasteiger partial charge in [0.15, 0.2) is 5.82 Å². The van der Waals surface area contributed by atoms with Crippen molar-refractivity contribution in [2.24, 2.45) is 0 Å². The lowest BCUT2D eigenvalue weighted by Crippen LogP contribution is -2.07. The molecule has 1 heterocycles. The summed E-state index contributed by atoms with van der Waals surface area (Å²) < 4.78 is 4.99. The molecule has 2 aromatic rings. The molecule has 1 N–H and O–H groups in total. The van der Waals surface area contributed by atoms with E-state index < -0.39 is 0 Å². The van der Waals surface area contributed by atoms with Crippen molar-refractivity contribution < 1.29 is 4.52 Å². The fourth-order valence-electron chi connectivity index (χ4n) is 1.53. The third kappa shape index (κ3) is 2.79. The van der Waals surface area contributed by atoms with Crippen molar-refractivity contribution in [3.05, 3.63) is 40.5 Å². The molecule has 0 saturated carbocycles. The summed E-state index contributed by atoms with van der Waals surface area (Å²) >= 11 is 6.03. The molecule has 0 spiro atoms. The van der Waals surface area contributed by atoms with E-state index in [1.807, 2.05) is 0 Å². The first kappa shape index (κ1) is 12.4. The molecule has 0 aliphatic rings. The van der Waals surface area contributed by atoms with Gasteiger partial charge in [-0.3, -0.25) is 0 Å². The van der Waals surface area contributed by atoms with Crippen LogP contribution in [0.25, 0.3) is 0 Å². The number of nitrogens with zero attached hydrogens (tertiary/aromatic N) is 3. The highest BCUT2D eigenvalue weighted by Crippen LogP contribution is 2.25. The van der Waals surface area contributed by atoms with Crippen LogP contribution in [0.4, 0.5) is 5.69 Å². The number of nitrogens with one attached hydrogen (secondary N) is 1. The van der Waals surface area contributed by atoms with Crippen molar-refractivity contribution in [2.75, 3.05) is 11.9 Å². The van der Waals surface area contributed by atoms with E-state index in [4.69, 9.17) is 21.4 Å². The topological polar surface area (TPSA) is 74.7 Å². The van der Waals surface area contributed by atoms with Gasteiger partial charge in [0.2, 0.25) is 5.89 Å². The summed E-state index contributed by atoms with van der Waals surface area (Å²) in [7, 11) is 0. The number of nitriles is 1. The Bertz CT molecular complexity index is 588. The average Bonchev–Trinajstić information content (AvgIpc) is 2.77. The molecule has 18 heavy (non-hydrogen) atoms. The van der Waals surface area contributed by atoms with E-state index in [0.717, 1.165) is 0 Å². The lowest BCUT2D eigenvalue weighted by molar-refractivity contribution is 0.377. The molecule has 0 atom stereocenters. The Kier molecular flexibility index (Phi) is 3.80. The second-order valence-corrected chi connectivity index (χ2v) is 4.09. The van der Waals surface area contributed by atoms with Gasteiger partial charge in [-0.05, 0) is 19.1 Å². The van der Waals surface area contributed by atoms with Crippen molar-refractivity contribution in [1.29, 1.82) is 5.26 Å². The number of aromatic nitrogens is 2. The van der Waals surface area contributed by atoms with Crippen LogP contribution in [0.2, 0.25) is 5.02 Å². The molecule has 0 aliphatic heterocycles. The fourth-order valence-corrected chi connectivity index (χ4v) is 1.77. The summed E-state index contributed by atoms with van der Waals surface area (Å²) in [5.74, 6) is 1.17. The smallest absolute Gasteiger partial charge is 0.228 e. The summed E-state index contributed by atoms with van der Waals surface area (Å²) in [6, 6.07) is 7.29. The first-order chi connectivity index (χ1) is 8.70. The zero-order valence-corrected chi connectivity index (χ0v) is 10.5. The van der Waals surface area contributed by atoms with Gasteiger partial charge in [0.1, 0.15) is 6.07 Å². The van der Waals surface area contributed by atoms with Crippen LogP contribution in [0.1, 0.15) is 17.3 Å². The zero-order valence-electron chi connectivity index (χ0n) is 9.77. The number of rotatable bonds is 4. The third-order valence-electron chi connectivity index (χ3n) is 2.34. The summed E-state index contributed by atoms with van der Waals surface area (Å²) in [4.78, 5) is 4.09. The van der Waals surface area contributed by atoms with Crippen molar-refractivity contribution in [3.63, 3.8) is 0 Å². The van der Waals surface area contributed by atoms with Gasteiger partial charge in [-0.15, -0.1) is 0 Å². The molecule has 1 aromatic carbocycles. The molecule has 0 unspecified atom stereocenters. The van der Waals surface area contributed by atoms with E-state index in [0.29, 0.717) is 41.0 Å². The molecule has 2 rings (SSSR count). The normalized spacial score (nSPS) is 10.1. The molecular weight excluding hydrogens is 252 g/mol. The van der Waals surface area contributed by atoms with Crippen LogP contribution in [-0.4, -0.2) is 16.7 Å². The maximum atomic E-state index is 8.97. The summed E-state index contributed by atoms with van der Waals surface area (Å²) in [6.45, 7) is 2.34. The Labute approximate surface area is 109 Å². The number of aryl methyl sites for hydroxylation is 1. The molecule has 0 aliphatic carbocycles. The highest BCUT2D eigenvalue weighted by atomic mass is 35.5. The van der Waals surface area contributed by atoms with Crippen LogP contribution in [0.15, 0.2) is 22.7 Å². The number of benzene rings is 1. The molecule has 92 valence electrons. The van der Waals surface area contributed by atoms with E-state index >= 15 is 0 Å². The number of hydrogen-bond donors (Lipinski definition) is 1. The molecule has 0 bridgehead atoms. The Morgan fingerprint density at radius 2 is 2.33 bits per heavy atom. The van der Waals surface area contributed by atoms with E-state index in [1.54, 1.807) is 25.1 Å².